The molecule has 1 aliphatic heterocycles. The number of nitrogens with one attached hydrogen (secondary N) is 1. The Hall–Kier alpha value is -2.43. The van der Waals surface area contributed by atoms with Crippen LogP contribution in [0.2, 0.25) is 0 Å². The average Bonchev–Trinajstić information content (AvgIpc) is 2.76. The molecule has 1 aliphatic rings. The van der Waals surface area contributed by atoms with E-state index in [1.54, 1.807) is 6.08 Å². The first-order valence-electron chi connectivity index (χ1n) is 10.2. The highest BCUT2D eigenvalue weighted by Gasteiger charge is 2.08. The first kappa shape index (κ1) is 20.3. The molecule has 148 valence electrons. The normalized spacial score (nSPS) is 15.0. The van der Waals surface area contributed by atoms with Crippen LogP contribution in [0.5, 0.6) is 5.75 Å². The highest BCUT2D eigenvalue weighted by Crippen LogP contribution is 2.14. The Bertz CT molecular complexity index is 735. The van der Waals surface area contributed by atoms with Crippen molar-refractivity contribution in [3.63, 3.8) is 0 Å². The molecule has 0 bridgehead atoms. The van der Waals surface area contributed by atoms with Gasteiger partial charge in [-0.2, -0.15) is 0 Å². The van der Waals surface area contributed by atoms with Gasteiger partial charge in [0.15, 0.2) is 5.78 Å². The number of unbranched alkanes of at least 4 members (excludes halogenated alkanes) is 2. The lowest BCUT2D eigenvalue weighted by Crippen LogP contribution is -2.43. The molecule has 0 amide bonds. The fourth-order valence-electron chi connectivity index (χ4n) is 3.28. The molecule has 1 heterocycles. The van der Waals surface area contributed by atoms with Crippen LogP contribution in [-0.4, -0.2) is 50.0 Å². The molecule has 1 saturated heterocycles. The molecule has 0 aromatic heterocycles. The summed E-state index contributed by atoms with van der Waals surface area (Å²) < 4.78 is 5.83. The van der Waals surface area contributed by atoms with Gasteiger partial charge in [0, 0.05) is 31.7 Å². The number of ether oxygens (including phenoxy) is 1. The summed E-state index contributed by atoms with van der Waals surface area (Å²) in [5, 5.41) is 3.39. The van der Waals surface area contributed by atoms with Crippen LogP contribution in [0.1, 0.15) is 35.2 Å². The lowest BCUT2D eigenvalue weighted by atomic mass is 10.1. The van der Waals surface area contributed by atoms with Crippen LogP contribution in [0.15, 0.2) is 60.7 Å². The maximum atomic E-state index is 12.1. The zero-order chi connectivity index (χ0) is 19.4. The molecule has 2 aromatic rings. The summed E-state index contributed by atoms with van der Waals surface area (Å²) in [6.07, 6.45) is 6.98. The van der Waals surface area contributed by atoms with E-state index in [9.17, 15) is 4.79 Å². The van der Waals surface area contributed by atoms with Gasteiger partial charge in [0.05, 0.1) is 6.61 Å². The Labute approximate surface area is 168 Å². The number of carbonyl (C=O) groups excluding carboxylic acids is 1. The Morgan fingerprint density at radius 2 is 1.71 bits per heavy atom. The Morgan fingerprint density at radius 3 is 2.46 bits per heavy atom. The summed E-state index contributed by atoms with van der Waals surface area (Å²) >= 11 is 0. The number of nitrogens with zero attached hydrogens (tertiary/aromatic N) is 1. The second-order valence-electron chi connectivity index (χ2n) is 7.13. The number of piperazine rings is 1. The summed E-state index contributed by atoms with van der Waals surface area (Å²) in [4.78, 5) is 14.6. The van der Waals surface area contributed by atoms with E-state index in [2.05, 4.69) is 10.2 Å². The highest BCUT2D eigenvalue weighted by molar-refractivity contribution is 6.06. The van der Waals surface area contributed by atoms with Crippen LogP contribution in [0.4, 0.5) is 0 Å². The quantitative estimate of drug-likeness (QED) is 0.385. The Kier molecular flexibility index (Phi) is 8.28. The van der Waals surface area contributed by atoms with Gasteiger partial charge < -0.3 is 15.0 Å². The molecule has 0 radical (unpaired) electrons. The molecular weight excluding hydrogens is 348 g/mol. The van der Waals surface area contributed by atoms with E-state index in [1.165, 1.54) is 32.5 Å². The summed E-state index contributed by atoms with van der Waals surface area (Å²) in [6.45, 7) is 6.54. The van der Waals surface area contributed by atoms with Crippen LogP contribution in [0, 0.1) is 0 Å². The Balaban J connectivity index is 1.33. The van der Waals surface area contributed by atoms with E-state index >= 15 is 0 Å². The average molecular weight is 379 g/mol. The molecule has 0 atom stereocenters. The van der Waals surface area contributed by atoms with Gasteiger partial charge in [-0.05, 0) is 49.6 Å². The van der Waals surface area contributed by atoms with Gasteiger partial charge in [-0.1, -0.05) is 48.5 Å². The molecule has 0 unspecified atom stereocenters. The molecule has 3 rings (SSSR count). The van der Waals surface area contributed by atoms with Gasteiger partial charge in [0.2, 0.25) is 0 Å². The van der Waals surface area contributed by atoms with E-state index in [4.69, 9.17) is 4.74 Å². The number of hydrogen-bond acceptors (Lipinski definition) is 4. The van der Waals surface area contributed by atoms with Crippen molar-refractivity contribution in [3.05, 3.63) is 71.8 Å². The predicted octanol–water partition coefficient (Wildman–Crippen LogP) is 4.04. The Morgan fingerprint density at radius 1 is 0.964 bits per heavy atom. The molecule has 1 N–H and O–H groups in total. The van der Waals surface area contributed by atoms with E-state index < -0.39 is 0 Å². The number of allylic oxidation sites excluding steroid dienone is 1. The first-order valence-corrected chi connectivity index (χ1v) is 10.2. The smallest absolute Gasteiger partial charge is 0.185 e. The van der Waals surface area contributed by atoms with E-state index in [1.807, 2.05) is 60.7 Å². The van der Waals surface area contributed by atoms with Crippen LogP contribution in [0.3, 0.4) is 0 Å². The van der Waals surface area contributed by atoms with E-state index in [0.29, 0.717) is 5.56 Å². The molecule has 0 spiro atoms. The third-order valence-electron chi connectivity index (χ3n) is 4.96. The van der Waals surface area contributed by atoms with Crippen molar-refractivity contribution in [1.29, 1.82) is 0 Å². The SMILES string of the molecule is O=C(/C=C/c1ccc(OCCCCCN2CCNCC2)cc1)c1ccccc1. The van der Waals surface area contributed by atoms with Crippen molar-refractivity contribution in [3.8, 4) is 5.75 Å². The van der Waals surface area contributed by atoms with Gasteiger partial charge >= 0.3 is 0 Å². The molecule has 4 nitrogen and oxygen atoms in total. The molecule has 4 heteroatoms. The third-order valence-corrected chi connectivity index (χ3v) is 4.96. The number of carbonyl (C=O) groups is 1. The van der Waals surface area contributed by atoms with Gasteiger partial charge in [0.25, 0.3) is 0 Å². The maximum absolute atomic E-state index is 12.1. The standard InChI is InChI=1S/C24H30N2O2/c27-24(22-7-3-1-4-8-22)14-11-21-9-12-23(13-10-21)28-20-6-2-5-17-26-18-15-25-16-19-26/h1,3-4,7-14,25H,2,5-6,15-20H2/b14-11+. The van der Waals surface area contributed by atoms with Gasteiger partial charge in [-0.3, -0.25) is 4.79 Å². The minimum atomic E-state index is 0.0155. The summed E-state index contributed by atoms with van der Waals surface area (Å²) in [5.74, 6) is 0.899. The van der Waals surface area contributed by atoms with E-state index in [0.717, 1.165) is 37.4 Å². The molecule has 0 saturated carbocycles. The predicted molar refractivity (Wildman–Crippen MR) is 115 cm³/mol. The molecule has 1 fully saturated rings. The summed E-state index contributed by atoms with van der Waals surface area (Å²) in [5.41, 5.74) is 1.70. The number of hydrogen-bond donors (Lipinski definition) is 1. The first-order chi connectivity index (χ1) is 13.8. The van der Waals surface area contributed by atoms with E-state index in [-0.39, 0.29) is 5.78 Å². The molecular formula is C24H30N2O2. The van der Waals surface area contributed by atoms with Crippen molar-refractivity contribution in [2.45, 2.75) is 19.3 Å². The lowest BCUT2D eigenvalue weighted by molar-refractivity contribution is 0.104. The zero-order valence-electron chi connectivity index (χ0n) is 16.5. The molecule has 2 aromatic carbocycles. The van der Waals surface area contributed by atoms with Crippen LogP contribution < -0.4 is 10.1 Å². The van der Waals surface area contributed by atoms with Crippen molar-refractivity contribution in [1.82, 2.24) is 10.2 Å². The second kappa shape index (κ2) is 11.4. The zero-order valence-corrected chi connectivity index (χ0v) is 16.5. The fraction of sp³-hybridized carbons (Fsp3) is 0.375. The van der Waals surface area contributed by atoms with Crippen LogP contribution >= 0.6 is 0 Å². The van der Waals surface area contributed by atoms with Crippen LogP contribution in [0.25, 0.3) is 6.08 Å². The topological polar surface area (TPSA) is 41.6 Å². The minimum absolute atomic E-state index is 0.0155. The van der Waals surface area contributed by atoms with Crippen molar-refractivity contribution >= 4 is 11.9 Å². The van der Waals surface area contributed by atoms with Gasteiger partial charge in [0.1, 0.15) is 5.75 Å². The monoisotopic (exact) mass is 378 g/mol. The lowest BCUT2D eigenvalue weighted by Gasteiger charge is -2.26. The van der Waals surface area contributed by atoms with Gasteiger partial charge in [-0.25, -0.2) is 0 Å². The second-order valence-corrected chi connectivity index (χ2v) is 7.13. The van der Waals surface area contributed by atoms with Crippen LogP contribution in [-0.2, 0) is 0 Å². The van der Waals surface area contributed by atoms with Crippen molar-refractivity contribution in [2.75, 3.05) is 39.3 Å². The largest absolute Gasteiger partial charge is 0.494 e. The number of rotatable bonds is 10. The van der Waals surface area contributed by atoms with Crippen molar-refractivity contribution < 1.29 is 9.53 Å². The fourth-order valence-corrected chi connectivity index (χ4v) is 3.28. The minimum Gasteiger partial charge on any atom is -0.494 e. The summed E-state index contributed by atoms with van der Waals surface area (Å²) in [6, 6.07) is 17.2. The molecule has 0 aliphatic carbocycles. The maximum Gasteiger partial charge on any atom is 0.185 e. The highest BCUT2D eigenvalue weighted by atomic mass is 16.5. The van der Waals surface area contributed by atoms with Gasteiger partial charge in [-0.15, -0.1) is 0 Å². The number of benzene rings is 2. The van der Waals surface area contributed by atoms with Crippen molar-refractivity contribution in [2.24, 2.45) is 0 Å². The third kappa shape index (κ3) is 6.95. The number of ketones is 1. The molecule has 28 heavy (non-hydrogen) atoms. The summed E-state index contributed by atoms with van der Waals surface area (Å²) in [7, 11) is 0.